The summed E-state index contributed by atoms with van der Waals surface area (Å²) in [5.74, 6) is 0.389. The van der Waals surface area contributed by atoms with Crippen LogP contribution in [0.3, 0.4) is 0 Å². The Kier molecular flexibility index (Phi) is 1.08. The minimum absolute atomic E-state index is 0.106. The van der Waals surface area contributed by atoms with E-state index in [4.69, 9.17) is 0 Å². The van der Waals surface area contributed by atoms with Gasteiger partial charge in [-0.2, -0.15) is 0 Å². The second-order valence-electron chi connectivity index (χ2n) is 2.08. The van der Waals surface area contributed by atoms with Crippen molar-refractivity contribution >= 4 is 0 Å². The third-order valence-corrected chi connectivity index (χ3v) is 1.26. The second-order valence-corrected chi connectivity index (χ2v) is 2.08. The predicted molar refractivity (Wildman–Crippen MR) is 25.6 cm³/mol. The van der Waals surface area contributed by atoms with E-state index in [-0.39, 0.29) is 6.10 Å². The Morgan fingerprint density at radius 1 is 1.88 bits per heavy atom. The summed E-state index contributed by atoms with van der Waals surface area (Å²) in [6.45, 7) is 1.92. The molecule has 4 nitrogen and oxygen atoms in total. The van der Waals surface area contributed by atoms with Crippen LogP contribution < -0.4 is 0 Å². The summed E-state index contributed by atoms with van der Waals surface area (Å²) in [6, 6.07) is 0. The van der Waals surface area contributed by atoms with E-state index in [0.29, 0.717) is 5.92 Å². The molecule has 4 heteroatoms. The lowest BCUT2D eigenvalue weighted by Gasteiger charge is -1.89. The van der Waals surface area contributed by atoms with E-state index in [1.54, 1.807) is 0 Å². The molecular formula is C4H7NO3. The first-order chi connectivity index (χ1) is 3.70. The molecule has 1 aliphatic rings. The van der Waals surface area contributed by atoms with Crippen LogP contribution in [0.15, 0.2) is 0 Å². The number of rotatable bonds is 2. The maximum Gasteiger partial charge on any atom is 0.294 e. The van der Waals surface area contributed by atoms with Gasteiger partial charge in [-0.25, -0.2) is 0 Å². The molecule has 8 heavy (non-hydrogen) atoms. The summed E-state index contributed by atoms with van der Waals surface area (Å²) in [4.78, 5) is 13.8. The van der Waals surface area contributed by atoms with Crippen molar-refractivity contribution < 1.29 is 9.92 Å². The van der Waals surface area contributed by atoms with Crippen LogP contribution in [0.1, 0.15) is 13.3 Å². The molecule has 46 valence electrons. The first kappa shape index (κ1) is 5.34. The molecule has 0 saturated heterocycles. The minimum atomic E-state index is -0.728. The van der Waals surface area contributed by atoms with Gasteiger partial charge in [0.05, 0.1) is 0 Å². The summed E-state index contributed by atoms with van der Waals surface area (Å²) in [5.41, 5.74) is 0. The summed E-state index contributed by atoms with van der Waals surface area (Å²) in [7, 11) is 0. The average molecular weight is 117 g/mol. The molecule has 0 heterocycles. The molecule has 1 rings (SSSR count). The molecule has 0 radical (unpaired) electrons. The Balaban J connectivity index is 2.14. The van der Waals surface area contributed by atoms with Gasteiger partial charge in [0.1, 0.15) is 6.10 Å². The molecular weight excluding hydrogens is 110 g/mol. The van der Waals surface area contributed by atoms with Gasteiger partial charge in [0.15, 0.2) is 0 Å². The van der Waals surface area contributed by atoms with Crippen molar-refractivity contribution in [2.75, 3.05) is 0 Å². The SMILES string of the molecule is CC1CC1O[N+](=O)[O-]. The highest BCUT2D eigenvalue weighted by atomic mass is 17.0. The van der Waals surface area contributed by atoms with Gasteiger partial charge in [-0.15, -0.1) is 10.1 Å². The largest absolute Gasteiger partial charge is 0.310 e. The van der Waals surface area contributed by atoms with Gasteiger partial charge in [-0.05, 0) is 12.3 Å². The monoisotopic (exact) mass is 117 g/mol. The van der Waals surface area contributed by atoms with Crippen LogP contribution in [-0.4, -0.2) is 11.2 Å². The van der Waals surface area contributed by atoms with E-state index in [1.807, 2.05) is 6.92 Å². The fourth-order valence-corrected chi connectivity index (χ4v) is 0.545. The summed E-state index contributed by atoms with van der Waals surface area (Å²) in [6.07, 6.45) is 0.728. The standard InChI is InChI=1S/C4H7NO3/c1-3-2-4(3)8-5(6)7/h3-4H,2H2,1H3. The molecule has 1 saturated carbocycles. The molecule has 0 aromatic rings. The molecule has 0 N–H and O–H groups in total. The Hall–Kier alpha value is -0.800. The summed E-state index contributed by atoms with van der Waals surface area (Å²) in [5, 5.41) is 8.85. The number of hydrogen-bond acceptors (Lipinski definition) is 3. The highest BCUT2D eigenvalue weighted by molar-refractivity contribution is 4.81. The Bertz CT molecular complexity index is 114. The molecule has 1 aliphatic carbocycles. The maximum absolute atomic E-state index is 9.58. The van der Waals surface area contributed by atoms with Crippen LogP contribution in [0.25, 0.3) is 0 Å². The normalized spacial score (nSPS) is 34.1. The molecule has 0 bridgehead atoms. The first-order valence-electron chi connectivity index (χ1n) is 2.51. The third-order valence-electron chi connectivity index (χ3n) is 1.26. The summed E-state index contributed by atoms with van der Waals surface area (Å²) < 4.78 is 0. The van der Waals surface area contributed by atoms with Crippen molar-refractivity contribution in [3.05, 3.63) is 10.1 Å². The molecule has 0 spiro atoms. The zero-order chi connectivity index (χ0) is 6.15. The van der Waals surface area contributed by atoms with Crippen LogP contribution in [-0.2, 0) is 4.84 Å². The predicted octanol–water partition coefficient (Wildman–Crippen LogP) is 0.603. The molecule has 0 aromatic carbocycles. The lowest BCUT2D eigenvalue weighted by atomic mass is 10.5. The Morgan fingerprint density at radius 3 is 2.50 bits per heavy atom. The zero-order valence-corrected chi connectivity index (χ0v) is 4.53. The van der Waals surface area contributed by atoms with Crippen molar-refractivity contribution in [2.45, 2.75) is 19.4 Å². The smallest absolute Gasteiger partial charge is 0.294 e. The topological polar surface area (TPSA) is 52.4 Å². The van der Waals surface area contributed by atoms with E-state index in [1.165, 1.54) is 0 Å². The van der Waals surface area contributed by atoms with Crippen molar-refractivity contribution in [1.29, 1.82) is 0 Å². The van der Waals surface area contributed by atoms with Crippen LogP contribution in [0.5, 0.6) is 0 Å². The fraction of sp³-hybridized carbons (Fsp3) is 1.00. The lowest BCUT2D eigenvalue weighted by molar-refractivity contribution is -0.762. The van der Waals surface area contributed by atoms with Gasteiger partial charge in [-0.3, -0.25) is 0 Å². The van der Waals surface area contributed by atoms with E-state index < -0.39 is 5.09 Å². The molecule has 0 aliphatic heterocycles. The van der Waals surface area contributed by atoms with Gasteiger partial charge in [0.25, 0.3) is 5.09 Å². The lowest BCUT2D eigenvalue weighted by Crippen LogP contribution is -2.02. The number of hydrogen-bond donors (Lipinski definition) is 0. The quantitative estimate of drug-likeness (QED) is 0.393. The van der Waals surface area contributed by atoms with E-state index >= 15 is 0 Å². The highest BCUT2D eigenvalue weighted by Crippen LogP contribution is 2.32. The van der Waals surface area contributed by atoms with E-state index in [9.17, 15) is 10.1 Å². The van der Waals surface area contributed by atoms with Crippen LogP contribution in [0.2, 0.25) is 0 Å². The molecule has 2 atom stereocenters. The van der Waals surface area contributed by atoms with Crippen LogP contribution in [0.4, 0.5) is 0 Å². The Morgan fingerprint density at radius 2 is 2.38 bits per heavy atom. The highest BCUT2D eigenvalue weighted by Gasteiger charge is 2.36. The first-order valence-corrected chi connectivity index (χ1v) is 2.51. The van der Waals surface area contributed by atoms with E-state index in [2.05, 4.69) is 4.84 Å². The Labute approximate surface area is 46.5 Å². The summed E-state index contributed by atoms with van der Waals surface area (Å²) >= 11 is 0. The van der Waals surface area contributed by atoms with Gasteiger partial charge in [0, 0.05) is 0 Å². The fourth-order valence-electron chi connectivity index (χ4n) is 0.545. The second kappa shape index (κ2) is 1.61. The van der Waals surface area contributed by atoms with Crippen molar-refractivity contribution in [2.24, 2.45) is 5.92 Å². The molecule has 1 fully saturated rings. The van der Waals surface area contributed by atoms with Gasteiger partial charge in [-0.1, -0.05) is 6.92 Å². The molecule has 0 amide bonds. The van der Waals surface area contributed by atoms with Crippen molar-refractivity contribution in [3.63, 3.8) is 0 Å². The minimum Gasteiger partial charge on any atom is -0.310 e. The van der Waals surface area contributed by atoms with Gasteiger partial charge >= 0.3 is 0 Å². The van der Waals surface area contributed by atoms with Crippen LogP contribution >= 0.6 is 0 Å². The van der Waals surface area contributed by atoms with Crippen molar-refractivity contribution in [1.82, 2.24) is 0 Å². The van der Waals surface area contributed by atoms with E-state index in [0.717, 1.165) is 6.42 Å². The number of nitrogens with zero attached hydrogens (tertiary/aromatic N) is 1. The van der Waals surface area contributed by atoms with Gasteiger partial charge in [0.2, 0.25) is 0 Å². The third kappa shape index (κ3) is 1.08. The zero-order valence-electron chi connectivity index (χ0n) is 4.53. The van der Waals surface area contributed by atoms with Gasteiger partial charge < -0.3 is 4.84 Å². The van der Waals surface area contributed by atoms with Crippen LogP contribution in [0, 0.1) is 16.0 Å². The van der Waals surface area contributed by atoms with Crippen molar-refractivity contribution in [3.8, 4) is 0 Å². The molecule has 0 aromatic heterocycles. The molecule has 2 unspecified atom stereocenters. The average Bonchev–Trinajstić information content (AvgIpc) is 2.17. The maximum atomic E-state index is 9.58.